The number of sulfonamides is 1. The van der Waals surface area contributed by atoms with Crippen LogP contribution >= 0.6 is 0 Å². The Morgan fingerprint density at radius 1 is 0.862 bits per heavy atom. The summed E-state index contributed by atoms with van der Waals surface area (Å²) in [7, 11) is -3.97. The van der Waals surface area contributed by atoms with Crippen molar-refractivity contribution in [1.82, 2.24) is 18.8 Å². The fourth-order valence-corrected chi connectivity index (χ4v) is 4.77. The van der Waals surface area contributed by atoms with Crippen molar-refractivity contribution in [3.05, 3.63) is 66.3 Å². The van der Waals surface area contributed by atoms with Gasteiger partial charge in [0.05, 0.1) is 4.90 Å². The zero-order valence-corrected chi connectivity index (χ0v) is 16.5. The van der Waals surface area contributed by atoms with E-state index in [1.165, 1.54) is 4.31 Å². The zero-order valence-electron chi connectivity index (χ0n) is 15.7. The molecular formula is C19H19F2N5O2S. The van der Waals surface area contributed by atoms with Crippen LogP contribution in [0.25, 0.3) is 5.82 Å². The number of benzene rings is 1. The Labute approximate surface area is 167 Å². The third-order valence-corrected chi connectivity index (χ3v) is 6.59. The van der Waals surface area contributed by atoms with Gasteiger partial charge in [0, 0.05) is 50.7 Å². The van der Waals surface area contributed by atoms with Gasteiger partial charge in [0.25, 0.3) is 0 Å². The normalized spacial score (nSPS) is 15.6. The van der Waals surface area contributed by atoms with Crippen molar-refractivity contribution in [3.8, 4) is 5.82 Å². The molecule has 4 rings (SSSR count). The summed E-state index contributed by atoms with van der Waals surface area (Å²) in [5, 5.41) is 0. The summed E-state index contributed by atoms with van der Waals surface area (Å²) in [6.45, 7) is 2.97. The topological polar surface area (TPSA) is 71.3 Å². The molecule has 0 amide bonds. The van der Waals surface area contributed by atoms with Crippen LogP contribution in [0.15, 0.2) is 53.7 Å². The number of hydrogen-bond donors (Lipinski definition) is 0. The van der Waals surface area contributed by atoms with Crippen molar-refractivity contribution in [1.29, 1.82) is 0 Å². The molecule has 29 heavy (non-hydrogen) atoms. The molecule has 0 unspecified atom stereocenters. The maximum absolute atomic E-state index is 13.5. The molecule has 7 nitrogen and oxygen atoms in total. The van der Waals surface area contributed by atoms with Gasteiger partial charge in [-0.2, -0.15) is 4.31 Å². The van der Waals surface area contributed by atoms with Crippen LogP contribution in [0.5, 0.6) is 0 Å². The monoisotopic (exact) mass is 419 g/mol. The fraction of sp³-hybridized carbons (Fsp3) is 0.263. The molecule has 3 heterocycles. The van der Waals surface area contributed by atoms with Crippen LogP contribution in [0.4, 0.5) is 14.6 Å². The Balaban J connectivity index is 1.52. The van der Waals surface area contributed by atoms with Crippen molar-refractivity contribution < 1.29 is 17.2 Å². The second-order valence-corrected chi connectivity index (χ2v) is 8.66. The molecule has 0 N–H and O–H groups in total. The smallest absolute Gasteiger partial charge is 0.243 e. The molecule has 0 saturated carbocycles. The molecule has 152 valence electrons. The van der Waals surface area contributed by atoms with E-state index >= 15 is 0 Å². The minimum absolute atomic E-state index is 0.183. The lowest BCUT2D eigenvalue weighted by molar-refractivity contribution is 0.383. The minimum atomic E-state index is -3.97. The average Bonchev–Trinajstić information content (AvgIpc) is 3.22. The number of anilines is 1. The summed E-state index contributed by atoms with van der Waals surface area (Å²) >= 11 is 0. The van der Waals surface area contributed by atoms with Gasteiger partial charge in [-0.25, -0.2) is 27.2 Å². The van der Waals surface area contributed by atoms with Crippen molar-refractivity contribution >= 4 is 15.8 Å². The molecule has 1 saturated heterocycles. The lowest BCUT2D eigenvalue weighted by Gasteiger charge is -2.34. The highest BCUT2D eigenvalue weighted by Gasteiger charge is 2.30. The van der Waals surface area contributed by atoms with E-state index in [0.717, 1.165) is 18.0 Å². The van der Waals surface area contributed by atoms with Gasteiger partial charge in [0.15, 0.2) is 0 Å². The number of rotatable bonds is 4. The predicted octanol–water partition coefficient (Wildman–Crippen LogP) is 2.36. The first-order chi connectivity index (χ1) is 13.8. The van der Waals surface area contributed by atoms with Crippen LogP contribution in [0.3, 0.4) is 0 Å². The third-order valence-electron chi connectivity index (χ3n) is 4.72. The first-order valence-corrected chi connectivity index (χ1v) is 10.5. The summed E-state index contributed by atoms with van der Waals surface area (Å²) in [6, 6.07) is 7.96. The van der Waals surface area contributed by atoms with Crippen LogP contribution in [-0.4, -0.2) is 53.4 Å². The quantitative estimate of drug-likeness (QED) is 0.649. The van der Waals surface area contributed by atoms with Gasteiger partial charge in [0.1, 0.15) is 29.1 Å². The maximum Gasteiger partial charge on any atom is 0.243 e. The maximum atomic E-state index is 13.5. The van der Waals surface area contributed by atoms with E-state index in [4.69, 9.17) is 0 Å². The Morgan fingerprint density at radius 3 is 2.07 bits per heavy atom. The van der Waals surface area contributed by atoms with Crippen LogP contribution in [0.2, 0.25) is 0 Å². The van der Waals surface area contributed by atoms with Gasteiger partial charge in [0.2, 0.25) is 10.0 Å². The number of hydrogen-bond acceptors (Lipinski definition) is 5. The van der Waals surface area contributed by atoms with Crippen molar-refractivity contribution in [2.24, 2.45) is 0 Å². The first kappa shape index (κ1) is 19.5. The SMILES string of the molecule is Cc1nc(N2CCN(S(=O)(=O)c3cc(F)cc(F)c3)CC2)cc(-n2cccc2)n1. The van der Waals surface area contributed by atoms with E-state index in [1.807, 2.05) is 40.1 Å². The largest absolute Gasteiger partial charge is 0.354 e. The number of halogens is 2. The lowest BCUT2D eigenvalue weighted by atomic mass is 10.3. The van der Waals surface area contributed by atoms with Crippen LogP contribution < -0.4 is 4.90 Å². The molecular weight excluding hydrogens is 400 g/mol. The second-order valence-electron chi connectivity index (χ2n) is 6.72. The Morgan fingerprint density at radius 2 is 1.45 bits per heavy atom. The van der Waals surface area contributed by atoms with Crippen LogP contribution in [-0.2, 0) is 10.0 Å². The summed E-state index contributed by atoms with van der Waals surface area (Å²) < 4.78 is 55.5. The summed E-state index contributed by atoms with van der Waals surface area (Å²) in [4.78, 5) is 10.5. The van der Waals surface area contributed by atoms with Gasteiger partial charge in [-0.05, 0) is 31.2 Å². The molecule has 1 aliphatic heterocycles. The van der Waals surface area contributed by atoms with E-state index in [9.17, 15) is 17.2 Å². The van der Waals surface area contributed by atoms with Gasteiger partial charge in [-0.15, -0.1) is 0 Å². The Kier molecular flexibility index (Phi) is 5.05. The van der Waals surface area contributed by atoms with Crippen LogP contribution in [0, 0.1) is 18.6 Å². The second kappa shape index (κ2) is 7.53. The van der Waals surface area contributed by atoms with Gasteiger partial charge >= 0.3 is 0 Å². The minimum Gasteiger partial charge on any atom is -0.354 e. The summed E-state index contributed by atoms with van der Waals surface area (Å²) in [5.74, 6) is 0.196. The first-order valence-electron chi connectivity index (χ1n) is 9.03. The molecule has 0 radical (unpaired) electrons. The summed E-state index contributed by atoms with van der Waals surface area (Å²) in [5.41, 5.74) is 0. The van der Waals surface area contributed by atoms with Crippen molar-refractivity contribution in [3.63, 3.8) is 0 Å². The molecule has 0 spiro atoms. The predicted molar refractivity (Wildman–Crippen MR) is 103 cm³/mol. The molecule has 3 aromatic rings. The average molecular weight is 419 g/mol. The molecule has 1 aliphatic rings. The van der Waals surface area contributed by atoms with E-state index in [1.54, 1.807) is 6.92 Å². The van der Waals surface area contributed by atoms with E-state index in [0.29, 0.717) is 30.8 Å². The Bertz CT molecular complexity index is 1110. The van der Waals surface area contributed by atoms with Crippen molar-refractivity contribution in [2.45, 2.75) is 11.8 Å². The molecule has 1 fully saturated rings. The lowest BCUT2D eigenvalue weighted by Crippen LogP contribution is -2.49. The van der Waals surface area contributed by atoms with Gasteiger partial charge in [-0.1, -0.05) is 0 Å². The highest BCUT2D eigenvalue weighted by molar-refractivity contribution is 7.89. The molecule has 0 atom stereocenters. The standard InChI is InChI=1S/C19H19F2N5O2S/c1-14-22-18(24-4-2-3-5-24)13-19(23-14)25-6-8-26(9-7-25)29(27,28)17-11-15(20)10-16(21)12-17/h2-5,10-13H,6-9H2,1H3. The van der Waals surface area contributed by atoms with Gasteiger partial charge < -0.3 is 9.47 Å². The van der Waals surface area contributed by atoms with E-state index < -0.39 is 21.7 Å². The third kappa shape index (κ3) is 3.99. The molecule has 0 aliphatic carbocycles. The van der Waals surface area contributed by atoms with Crippen LogP contribution in [0.1, 0.15) is 5.82 Å². The molecule has 10 heteroatoms. The Hall–Kier alpha value is -2.85. The highest BCUT2D eigenvalue weighted by Crippen LogP contribution is 2.22. The summed E-state index contributed by atoms with van der Waals surface area (Å²) in [6.07, 6.45) is 3.77. The number of nitrogens with zero attached hydrogens (tertiary/aromatic N) is 5. The number of aryl methyl sites for hydroxylation is 1. The number of piperazine rings is 1. The van der Waals surface area contributed by atoms with Gasteiger partial charge in [-0.3, -0.25) is 0 Å². The highest BCUT2D eigenvalue weighted by atomic mass is 32.2. The molecule has 0 bridgehead atoms. The molecule has 1 aromatic carbocycles. The van der Waals surface area contributed by atoms with Crippen molar-refractivity contribution in [2.75, 3.05) is 31.1 Å². The number of aromatic nitrogens is 3. The van der Waals surface area contributed by atoms with E-state index in [2.05, 4.69) is 9.97 Å². The zero-order chi connectivity index (χ0) is 20.6. The molecule has 2 aromatic heterocycles. The fourth-order valence-electron chi connectivity index (χ4n) is 3.30. The van der Waals surface area contributed by atoms with E-state index in [-0.39, 0.29) is 18.0 Å².